The summed E-state index contributed by atoms with van der Waals surface area (Å²) < 4.78 is 0. The smallest absolute Gasteiger partial charge is 0.246 e. The van der Waals surface area contributed by atoms with Crippen molar-refractivity contribution in [2.24, 2.45) is 11.8 Å². The number of aromatic nitrogens is 1. The number of likely N-dealkylation sites (tertiary alicyclic amines) is 1. The molecule has 3 fully saturated rings. The fraction of sp³-hybridized carbons (Fsp3) is 0.625. The lowest BCUT2D eigenvalue weighted by Crippen LogP contribution is -2.57. The summed E-state index contributed by atoms with van der Waals surface area (Å²) in [5, 5.41) is 2.68. The van der Waals surface area contributed by atoms with Crippen LogP contribution in [-0.4, -0.2) is 77.7 Å². The molecule has 1 unspecified atom stereocenters. The summed E-state index contributed by atoms with van der Waals surface area (Å²) in [5.74, 6) is -0.152. The first-order valence-electron chi connectivity index (χ1n) is 12.0. The van der Waals surface area contributed by atoms with E-state index in [9.17, 15) is 19.2 Å². The molecule has 9 nitrogen and oxygen atoms in total. The van der Waals surface area contributed by atoms with Gasteiger partial charge in [0.15, 0.2) is 0 Å². The zero-order chi connectivity index (χ0) is 23.2. The Balaban J connectivity index is 1.40. The van der Waals surface area contributed by atoms with Crippen LogP contribution < -0.4 is 10.2 Å². The topological polar surface area (TPSA) is 103 Å². The van der Waals surface area contributed by atoms with Gasteiger partial charge in [-0.1, -0.05) is 25.7 Å². The van der Waals surface area contributed by atoms with Crippen LogP contribution in [0, 0.1) is 11.8 Å². The monoisotopic (exact) mass is 455 g/mol. The van der Waals surface area contributed by atoms with Crippen LogP contribution in [0.25, 0.3) is 0 Å². The van der Waals surface area contributed by atoms with Gasteiger partial charge in [0.05, 0.1) is 17.8 Å². The molecule has 0 aromatic carbocycles. The van der Waals surface area contributed by atoms with Gasteiger partial charge in [-0.25, -0.2) is 0 Å². The normalized spacial score (nSPS) is 22.5. The number of rotatable bonds is 8. The molecule has 3 heterocycles. The van der Waals surface area contributed by atoms with Gasteiger partial charge in [-0.05, 0) is 37.3 Å². The summed E-state index contributed by atoms with van der Waals surface area (Å²) in [6, 6.07) is 3.08. The zero-order valence-corrected chi connectivity index (χ0v) is 19.0. The summed E-state index contributed by atoms with van der Waals surface area (Å²) >= 11 is 0. The molecular weight excluding hydrogens is 422 g/mol. The molecule has 1 N–H and O–H groups in total. The first-order chi connectivity index (χ1) is 16.1. The summed E-state index contributed by atoms with van der Waals surface area (Å²) in [6.07, 6.45) is 10.7. The highest BCUT2D eigenvalue weighted by Crippen LogP contribution is 2.32. The molecule has 1 aromatic heterocycles. The Morgan fingerprint density at radius 3 is 2.67 bits per heavy atom. The molecule has 0 radical (unpaired) electrons. The second-order valence-electron chi connectivity index (χ2n) is 9.32. The Hall–Kier alpha value is -2.97. The first kappa shape index (κ1) is 23.2. The quantitative estimate of drug-likeness (QED) is 0.593. The van der Waals surface area contributed by atoms with Crippen LogP contribution in [0.3, 0.4) is 0 Å². The van der Waals surface area contributed by atoms with Crippen LogP contribution in [0.5, 0.6) is 0 Å². The van der Waals surface area contributed by atoms with Crippen LogP contribution in [0.2, 0.25) is 0 Å². The lowest BCUT2D eigenvalue weighted by molar-refractivity contribution is -0.147. The van der Waals surface area contributed by atoms with Crippen molar-refractivity contribution < 1.29 is 19.2 Å². The first-order valence-corrected chi connectivity index (χ1v) is 12.0. The highest BCUT2D eigenvalue weighted by atomic mass is 16.2. The van der Waals surface area contributed by atoms with Crippen LogP contribution in [0.15, 0.2) is 24.5 Å². The van der Waals surface area contributed by atoms with E-state index in [1.165, 1.54) is 12.8 Å². The second kappa shape index (κ2) is 10.8. The van der Waals surface area contributed by atoms with Crippen molar-refractivity contribution in [2.75, 3.05) is 37.6 Å². The molecule has 0 bridgehead atoms. The van der Waals surface area contributed by atoms with E-state index in [2.05, 4.69) is 10.3 Å². The molecule has 1 aromatic rings. The Kier molecular flexibility index (Phi) is 7.57. The average molecular weight is 456 g/mol. The predicted molar refractivity (Wildman–Crippen MR) is 122 cm³/mol. The third-order valence-corrected chi connectivity index (χ3v) is 7.20. The molecule has 2 saturated heterocycles. The summed E-state index contributed by atoms with van der Waals surface area (Å²) in [6.45, 7) is 1.69. The molecule has 1 saturated carbocycles. The maximum atomic E-state index is 13.5. The maximum Gasteiger partial charge on any atom is 0.246 e. The fourth-order valence-corrected chi connectivity index (χ4v) is 5.49. The minimum atomic E-state index is -0.530. The van der Waals surface area contributed by atoms with Gasteiger partial charge in [0.2, 0.25) is 24.1 Å². The number of hydrogen-bond acceptors (Lipinski definition) is 5. The third-order valence-electron chi connectivity index (χ3n) is 7.20. The van der Waals surface area contributed by atoms with E-state index in [4.69, 9.17) is 0 Å². The Morgan fingerprint density at radius 2 is 1.97 bits per heavy atom. The van der Waals surface area contributed by atoms with E-state index < -0.39 is 6.04 Å². The van der Waals surface area contributed by atoms with E-state index >= 15 is 0 Å². The highest BCUT2D eigenvalue weighted by molar-refractivity contribution is 5.99. The Labute approximate surface area is 194 Å². The standard InChI is InChI=1S/C24H33N5O4/c30-17-26-14-19(13-18-5-1-2-6-18)23(32)29-10-4-8-21(29)24(33)27-11-12-28(22(31)16-27)20-7-3-9-25-15-20/h3,7,9,15,17-19,21H,1-2,4-6,8,10-14,16H2,(H,26,30)/t19?,21-/m0/s1. The van der Waals surface area contributed by atoms with Gasteiger partial charge in [-0.3, -0.25) is 24.2 Å². The zero-order valence-electron chi connectivity index (χ0n) is 19.0. The number of amides is 4. The molecule has 0 spiro atoms. The molecule has 2 aliphatic heterocycles. The molecule has 4 rings (SSSR count). The van der Waals surface area contributed by atoms with E-state index in [1.807, 2.05) is 6.07 Å². The lowest BCUT2D eigenvalue weighted by Gasteiger charge is -2.37. The van der Waals surface area contributed by atoms with Crippen LogP contribution in [0.1, 0.15) is 44.9 Å². The minimum Gasteiger partial charge on any atom is -0.358 e. The number of nitrogens with one attached hydrogen (secondary N) is 1. The number of anilines is 1. The maximum absolute atomic E-state index is 13.5. The van der Waals surface area contributed by atoms with Gasteiger partial charge in [-0.15, -0.1) is 0 Å². The van der Waals surface area contributed by atoms with Crippen molar-refractivity contribution >= 4 is 29.8 Å². The Morgan fingerprint density at radius 1 is 1.15 bits per heavy atom. The second-order valence-corrected chi connectivity index (χ2v) is 9.32. The largest absolute Gasteiger partial charge is 0.358 e. The number of carbonyl (C=O) groups is 4. The fourth-order valence-electron chi connectivity index (χ4n) is 5.49. The highest BCUT2D eigenvalue weighted by Gasteiger charge is 2.41. The van der Waals surface area contributed by atoms with Crippen LogP contribution >= 0.6 is 0 Å². The molecule has 33 heavy (non-hydrogen) atoms. The third kappa shape index (κ3) is 5.34. The predicted octanol–water partition coefficient (Wildman–Crippen LogP) is 1.19. The van der Waals surface area contributed by atoms with E-state index in [0.29, 0.717) is 44.9 Å². The van der Waals surface area contributed by atoms with Crippen molar-refractivity contribution in [1.29, 1.82) is 0 Å². The number of nitrogens with zero attached hydrogens (tertiary/aromatic N) is 4. The summed E-state index contributed by atoms with van der Waals surface area (Å²) in [5.41, 5.74) is 0.727. The number of pyridine rings is 1. The number of piperazine rings is 1. The van der Waals surface area contributed by atoms with Gasteiger partial charge < -0.3 is 20.0 Å². The van der Waals surface area contributed by atoms with Crippen LogP contribution in [0.4, 0.5) is 5.69 Å². The average Bonchev–Trinajstić information content (AvgIpc) is 3.53. The molecule has 3 aliphatic rings. The molecular formula is C24H33N5O4. The summed E-state index contributed by atoms with van der Waals surface area (Å²) in [4.78, 5) is 59.5. The molecule has 1 aliphatic carbocycles. The molecule has 4 amide bonds. The van der Waals surface area contributed by atoms with Gasteiger partial charge in [0.1, 0.15) is 12.6 Å². The van der Waals surface area contributed by atoms with Crippen molar-refractivity contribution in [3.05, 3.63) is 24.5 Å². The SMILES string of the molecule is O=CNCC(CC1CCCC1)C(=O)N1CCC[C@H]1C(=O)N1CCN(c2cccnc2)C(=O)C1. The number of carbonyl (C=O) groups excluding carboxylic acids is 4. The molecule has 2 atom stereocenters. The Bertz CT molecular complexity index is 858. The molecule has 9 heteroatoms. The van der Waals surface area contributed by atoms with Gasteiger partial charge in [0.25, 0.3) is 0 Å². The lowest BCUT2D eigenvalue weighted by atomic mass is 9.91. The van der Waals surface area contributed by atoms with E-state index in [1.54, 1.807) is 33.2 Å². The van der Waals surface area contributed by atoms with Crippen molar-refractivity contribution in [1.82, 2.24) is 20.1 Å². The van der Waals surface area contributed by atoms with Crippen LogP contribution in [-0.2, 0) is 19.2 Å². The minimum absolute atomic E-state index is 0.00442. The van der Waals surface area contributed by atoms with E-state index in [0.717, 1.165) is 31.4 Å². The van der Waals surface area contributed by atoms with Gasteiger partial charge in [-0.2, -0.15) is 0 Å². The van der Waals surface area contributed by atoms with E-state index in [-0.39, 0.29) is 30.2 Å². The number of hydrogen-bond donors (Lipinski definition) is 1. The van der Waals surface area contributed by atoms with Crippen molar-refractivity contribution in [2.45, 2.75) is 51.0 Å². The van der Waals surface area contributed by atoms with Crippen molar-refractivity contribution in [3.63, 3.8) is 0 Å². The van der Waals surface area contributed by atoms with Crippen molar-refractivity contribution in [3.8, 4) is 0 Å². The van der Waals surface area contributed by atoms with Gasteiger partial charge in [0, 0.05) is 32.4 Å². The summed E-state index contributed by atoms with van der Waals surface area (Å²) in [7, 11) is 0. The van der Waals surface area contributed by atoms with Gasteiger partial charge >= 0.3 is 0 Å². The molecule has 178 valence electrons.